The van der Waals surface area contributed by atoms with Gasteiger partial charge in [0.05, 0.1) is 5.69 Å². The Bertz CT molecular complexity index is 1190. The third-order valence-electron chi connectivity index (χ3n) is 5.96. The van der Waals surface area contributed by atoms with Crippen LogP contribution in [0.25, 0.3) is 11.4 Å². The molecule has 1 amide bonds. The minimum absolute atomic E-state index is 0.0287. The van der Waals surface area contributed by atoms with Crippen LogP contribution in [0.5, 0.6) is 5.75 Å². The molecule has 4 N–H and O–H groups in total. The molecule has 5 rings (SSSR count). The minimum atomic E-state index is -0.144. The topological polar surface area (TPSA) is 100 Å². The van der Waals surface area contributed by atoms with Gasteiger partial charge >= 0.3 is 0 Å². The molecule has 3 aromatic rings. The molecular weight excluding hydrogens is 460 g/mol. The maximum absolute atomic E-state index is 11.9. The van der Waals surface area contributed by atoms with Crippen LogP contribution in [0.15, 0.2) is 48.5 Å². The van der Waals surface area contributed by atoms with Gasteiger partial charge in [0.15, 0.2) is 12.4 Å². The van der Waals surface area contributed by atoms with Crippen molar-refractivity contribution in [1.82, 2.24) is 26.1 Å². The number of rotatable bonds is 8. The van der Waals surface area contributed by atoms with Crippen molar-refractivity contribution in [3.05, 3.63) is 65.4 Å². The molecular formula is C26H30N6O2S. The van der Waals surface area contributed by atoms with Crippen LogP contribution in [0.3, 0.4) is 0 Å². The number of amides is 1. The second kappa shape index (κ2) is 10.6. The molecule has 2 aliphatic heterocycles. The molecule has 2 aliphatic rings. The van der Waals surface area contributed by atoms with Crippen molar-refractivity contribution in [3.63, 3.8) is 0 Å². The van der Waals surface area contributed by atoms with E-state index >= 15 is 0 Å². The zero-order valence-corrected chi connectivity index (χ0v) is 20.7. The highest BCUT2D eigenvalue weighted by Gasteiger charge is 2.21. The fraction of sp³-hybridized carbons (Fsp3) is 0.346. The molecule has 0 unspecified atom stereocenters. The van der Waals surface area contributed by atoms with E-state index in [1.807, 2.05) is 49.9 Å². The summed E-state index contributed by atoms with van der Waals surface area (Å²) in [7, 11) is 0. The Balaban J connectivity index is 1.35. The molecule has 0 aliphatic carbocycles. The quantitative estimate of drug-likeness (QED) is 0.379. The zero-order valence-electron chi connectivity index (χ0n) is 19.9. The van der Waals surface area contributed by atoms with Gasteiger partial charge in [0.25, 0.3) is 5.91 Å². The van der Waals surface area contributed by atoms with Gasteiger partial charge in [-0.15, -0.1) is 0 Å². The molecule has 35 heavy (non-hydrogen) atoms. The number of hydrazine groups is 1. The lowest BCUT2D eigenvalue weighted by Gasteiger charge is -2.14. The molecule has 0 saturated carbocycles. The molecule has 182 valence electrons. The third kappa shape index (κ3) is 5.75. The van der Waals surface area contributed by atoms with Gasteiger partial charge in [-0.1, -0.05) is 24.3 Å². The van der Waals surface area contributed by atoms with E-state index in [1.54, 1.807) is 0 Å². The van der Waals surface area contributed by atoms with Crippen molar-refractivity contribution in [1.29, 1.82) is 0 Å². The van der Waals surface area contributed by atoms with Crippen molar-refractivity contribution in [2.75, 3.05) is 25.0 Å². The van der Waals surface area contributed by atoms with Gasteiger partial charge in [-0.05, 0) is 43.7 Å². The van der Waals surface area contributed by atoms with E-state index in [1.165, 1.54) is 5.56 Å². The summed E-state index contributed by atoms with van der Waals surface area (Å²) in [4.78, 5) is 21.7. The number of ether oxygens (including phenoxy) is 1. The molecule has 1 saturated heterocycles. The van der Waals surface area contributed by atoms with Crippen molar-refractivity contribution in [3.8, 4) is 17.1 Å². The smallest absolute Gasteiger partial charge is 0.258 e. The summed E-state index contributed by atoms with van der Waals surface area (Å²) in [5.41, 5.74) is 11.8. The van der Waals surface area contributed by atoms with E-state index in [9.17, 15) is 4.79 Å². The molecule has 2 aromatic carbocycles. The molecule has 1 fully saturated rings. The lowest BCUT2D eigenvalue weighted by molar-refractivity contribution is -0.123. The monoisotopic (exact) mass is 490 g/mol. The maximum atomic E-state index is 11.9. The van der Waals surface area contributed by atoms with E-state index in [4.69, 9.17) is 14.7 Å². The molecule has 8 nitrogen and oxygen atoms in total. The van der Waals surface area contributed by atoms with Gasteiger partial charge in [0, 0.05) is 53.4 Å². The molecule has 0 radical (unpaired) electrons. The van der Waals surface area contributed by atoms with Crippen molar-refractivity contribution in [2.45, 2.75) is 37.3 Å². The third-order valence-corrected chi connectivity index (χ3v) is 6.93. The summed E-state index contributed by atoms with van der Waals surface area (Å²) in [6.45, 7) is 5.70. The van der Waals surface area contributed by atoms with Gasteiger partial charge in [-0.3, -0.25) is 15.6 Å². The number of benzene rings is 2. The Labute approximate surface area is 209 Å². The van der Waals surface area contributed by atoms with Gasteiger partial charge < -0.3 is 15.4 Å². The van der Waals surface area contributed by atoms with Gasteiger partial charge in [0.2, 0.25) is 0 Å². The molecule has 0 atom stereocenters. The first-order chi connectivity index (χ1) is 17.0. The van der Waals surface area contributed by atoms with Crippen LogP contribution < -0.4 is 26.2 Å². The SMILES string of the molecule is CC(C)NC(=O)COc1cccc(-c2nc3c(c(Nc4ccc(C5CNNC5)cc4)n2)CSC3)c1. The van der Waals surface area contributed by atoms with E-state index in [-0.39, 0.29) is 18.6 Å². The summed E-state index contributed by atoms with van der Waals surface area (Å²) >= 11 is 1.84. The zero-order chi connectivity index (χ0) is 24.2. The van der Waals surface area contributed by atoms with Crippen LogP contribution in [-0.2, 0) is 16.3 Å². The van der Waals surface area contributed by atoms with E-state index < -0.39 is 0 Å². The Morgan fingerprint density at radius 1 is 1.11 bits per heavy atom. The van der Waals surface area contributed by atoms with Crippen LogP contribution in [0.1, 0.15) is 36.6 Å². The number of fused-ring (bicyclic) bond motifs is 1. The van der Waals surface area contributed by atoms with E-state index in [0.29, 0.717) is 17.5 Å². The fourth-order valence-corrected chi connectivity index (χ4v) is 5.24. The number of hydrogen-bond acceptors (Lipinski definition) is 8. The average molecular weight is 491 g/mol. The standard InChI is InChI=1S/C26H30N6O2S/c1-16(2)29-24(33)13-34-21-5-3-4-18(10-21)25-31-23-15-35-14-22(23)26(32-25)30-20-8-6-17(7-9-20)19-11-27-28-12-19/h3-10,16,19,27-28H,11-15H2,1-2H3,(H,29,33)(H,30,31,32). The first kappa shape index (κ1) is 23.6. The van der Waals surface area contributed by atoms with Crippen LogP contribution in [0, 0.1) is 0 Å². The molecule has 0 bridgehead atoms. The van der Waals surface area contributed by atoms with Crippen LogP contribution in [0.2, 0.25) is 0 Å². The number of aromatic nitrogens is 2. The van der Waals surface area contributed by atoms with Crippen molar-refractivity contribution >= 4 is 29.2 Å². The normalized spacial score (nSPS) is 15.3. The summed E-state index contributed by atoms with van der Waals surface area (Å²) in [5.74, 6) is 4.20. The lowest BCUT2D eigenvalue weighted by atomic mass is 10.0. The van der Waals surface area contributed by atoms with E-state index in [2.05, 4.69) is 45.8 Å². The first-order valence-electron chi connectivity index (χ1n) is 11.9. The predicted octanol–water partition coefficient (Wildman–Crippen LogP) is 3.73. The van der Waals surface area contributed by atoms with Gasteiger partial charge in [0.1, 0.15) is 11.6 Å². The number of hydrogen-bond donors (Lipinski definition) is 4. The molecule has 9 heteroatoms. The highest BCUT2D eigenvalue weighted by molar-refractivity contribution is 7.98. The van der Waals surface area contributed by atoms with Crippen LogP contribution in [-0.4, -0.2) is 41.6 Å². The largest absolute Gasteiger partial charge is 0.484 e. The Morgan fingerprint density at radius 2 is 1.91 bits per heavy atom. The minimum Gasteiger partial charge on any atom is -0.484 e. The Hall–Kier alpha value is -3.14. The van der Waals surface area contributed by atoms with Crippen LogP contribution in [0.4, 0.5) is 11.5 Å². The summed E-state index contributed by atoms with van der Waals surface area (Å²) in [5, 5.41) is 6.36. The van der Waals surface area contributed by atoms with Crippen molar-refractivity contribution in [2.24, 2.45) is 0 Å². The highest BCUT2D eigenvalue weighted by Crippen LogP contribution is 2.36. The fourth-order valence-electron chi connectivity index (χ4n) is 4.20. The second-order valence-corrected chi connectivity index (χ2v) is 10.0. The van der Waals surface area contributed by atoms with Crippen LogP contribution >= 0.6 is 11.8 Å². The Kier molecular flexibility index (Phi) is 7.17. The summed E-state index contributed by atoms with van der Waals surface area (Å²) in [6.07, 6.45) is 0. The number of thioether (sulfide) groups is 1. The number of carbonyl (C=O) groups is 1. The number of nitrogens with one attached hydrogen (secondary N) is 4. The number of nitrogens with zero attached hydrogens (tertiary/aromatic N) is 2. The highest BCUT2D eigenvalue weighted by atomic mass is 32.2. The Morgan fingerprint density at radius 3 is 2.69 bits per heavy atom. The van der Waals surface area contributed by atoms with Gasteiger partial charge in [-0.2, -0.15) is 11.8 Å². The lowest BCUT2D eigenvalue weighted by Crippen LogP contribution is -2.34. The van der Waals surface area contributed by atoms with E-state index in [0.717, 1.165) is 52.9 Å². The molecule has 3 heterocycles. The molecule has 0 spiro atoms. The molecule has 1 aromatic heterocycles. The predicted molar refractivity (Wildman–Crippen MR) is 140 cm³/mol. The van der Waals surface area contributed by atoms with Gasteiger partial charge in [-0.25, -0.2) is 9.97 Å². The first-order valence-corrected chi connectivity index (χ1v) is 13.0. The summed E-state index contributed by atoms with van der Waals surface area (Å²) in [6, 6.07) is 16.2. The summed E-state index contributed by atoms with van der Waals surface area (Å²) < 4.78 is 5.71. The number of anilines is 2. The average Bonchev–Trinajstić information content (AvgIpc) is 3.56. The number of carbonyl (C=O) groups excluding carboxylic acids is 1. The van der Waals surface area contributed by atoms with Crippen molar-refractivity contribution < 1.29 is 9.53 Å². The maximum Gasteiger partial charge on any atom is 0.258 e. The second-order valence-electron chi connectivity index (χ2n) is 9.06.